The van der Waals surface area contributed by atoms with Gasteiger partial charge < -0.3 is 19.9 Å². The van der Waals surface area contributed by atoms with Crippen molar-refractivity contribution in [1.82, 2.24) is 5.32 Å². The molecule has 4 heteroatoms. The van der Waals surface area contributed by atoms with Gasteiger partial charge in [0.15, 0.2) is 11.5 Å². The summed E-state index contributed by atoms with van der Waals surface area (Å²) in [4.78, 5) is 0. The summed E-state index contributed by atoms with van der Waals surface area (Å²) in [7, 11) is 0. The van der Waals surface area contributed by atoms with Crippen LogP contribution in [0.3, 0.4) is 0 Å². The molecule has 2 rings (SSSR count). The van der Waals surface area contributed by atoms with Crippen molar-refractivity contribution >= 4 is 0 Å². The second kappa shape index (κ2) is 9.75. The molecule has 0 aliphatic heterocycles. The lowest BCUT2D eigenvalue weighted by Gasteiger charge is -2.14. The lowest BCUT2D eigenvalue weighted by molar-refractivity contribution is 0.174. The van der Waals surface area contributed by atoms with E-state index in [-0.39, 0.29) is 0 Å². The summed E-state index contributed by atoms with van der Waals surface area (Å²) in [5.74, 6) is 1.44. The van der Waals surface area contributed by atoms with E-state index in [1.807, 2.05) is 55.5 Å². The van der Waals surface area contributed by atoms with Crippen molar-refractivity contribution in [2.45, 2.75) is 19.6 Å². The van der Waals surface area contributed by atoms with Crippen LogP contribution in [0.15, 0.2) is 61.2 Å². The van der Waals surface area contributed by atoms with Crippen molar-refractivity contribution in [3.63, 3.8) is 0 Å². The van der Waals surface area contributed by atoms with Crippen molar-refractivity contribution in [3.05, 3.63) is 72.3 Å². The summed E-state index contributed by atoms with van der Waals surface area (Å²) in [6, 6.07) is 15.5. The molecule has 0 spiro atoms. The number of benzene rings is 2. The normalized spacial score (nSPS) is 11.8. The van der Waals surface area contributed by atoms with Gasteiger partial charge >= 0.3 is 0 Å². The van der Waals surface area contributed by atoms with E-state index in [1.165, 1.54) is 0 Å². The standard InChI is InChI=1S/C20H25NO3/c1-3-12-24-19-11-10-16(13-20(19)23-4-2)14-21-15-18(22)17-8-6-5-7-9-17/h3,5-11,13,18,21-22H,1,4,12,14-15H2,2H3. The van der Waals surface area contributed by atoms with Crippen LogP contribution < -0.4 is 14.8 Å². The topological polar surface area (TPSA) is 50.7 Å². The van der Waals surface area contributed by atoms with E-state index in [0.29, 0.717) is 32.1 Å². The fraction of sp³-hybridized carbons (Fsp3) is 0.300. The third kappa shape index (κ3) is 5.41. The fourth-order valence-corrected chi connectivity index (χ4v) is 2.34. The molecule has 1 unspecified atom stereocenters. The average Bonchev–Trinajstić information content (AvgIpc) is 2.62. The summed E-state index contributed by atoms with van der Waals surface area (Å²) in [5, 5.41) is 13.4. The second-order valence-corrected chi connectivity index (χ2v) is 5.37. The Morgan fingerprint density at radius 1 is 1.12 bits per heavy atom. The van der Waals surface area contributed by atoms with E-state index in [2.05, 4.69) is 11.9 Å². The molecule has 0 heterocycles. The minimum Gasteiger partial charge on any atom is -0.490 e. The van der Waals surface area contributed by atoms with E-state index in [1.54, 1.807) is 6.08 Å². The molecule has 2 aromatic rings. The molecule has 0 fully saturated rings. The van der Waals surface area contributed by atoms with Crippen molar-refractivity contribution in [2.75, 3.05) is 19.8 Å². The predicted octanol–water partition coefficient (Wildman–Crippen LogP) is 3.47. The van der Waals surface area contributed by atoms with Gasteiger partial charge in [0.05, 0.1) is 12.7 Å². The fourth-order valence-electron chi connectivity index (χ4n) is 2.34. The van der Waals surface area contributed by atoms with E-state index >= 15 is 0 Å². The molecule has 0 saturated carbocycles. The van der Waals surface area contributed by atoms with Gasteiger partial charge in [0.2, 0.25) is 0 Å². The van der Waals surface area contributed by atoms with Gasteiger partial charge in [-0.2, -0.15) is 0 Å². The average molecular weight is 327 g/mol. The van der Waals surface area contributed by atoms with E-state index in [9.17, 15) is 5.11 Å². The summed E-state index contributed by atoms with van der Waals surface area (Å²) < 4.78 is 11.2. The van der Waals surface area contributed by atoms with Crippen LogP contribution >= 0.6 is 0 Å². The van der Waals surface area contributed by atoms with Crippen LogP contribution in [0.25, 0.3) is 0 Å². The smallest absolute Gasteiger partial charge is 0.161 e. The highest BCUT2D eigenvalue weighted by molar-refractivity contribution is 5.43. The third-order valence-corrected chi connectivity index (χ3v) is 3.52. The SMILES string of the molecule is C=CCOc1ccc(CNCC(O)c2ccccc2)cc1OCC. The van der Waals surface area contributed by atoms with Gasteiger partial charge in [-0.3, -0.25) is 0 Å². The second-order valence-electron chi connectivity index (χ2n) is 5.37. The summed E-state index contributed by atoms with van der Waals surface area (Å²) in [6.45, 7) is 7.75. The zero-order valence-electron chi connectivity index (χ0n) is 14.1. The molecule has 0 saturated heterocycles. The van der Waals surface area contributed by atoms with Gasteiger partial charge in [-0.15, -0.1) is 0 Å². The lowest BCUT2D eigenvalue weighted by atomic mass is 10.1. The number of aliphatic hydroxyl groups excluding tert-OH is 1. The van der Waals surface area contributed by atoms with Crippen molar-refractivity contribution < 1.29 is 14.6 Å². The Kier molecular flexibility index (Phi) is 7.33. The van der Waals surface area contributed by atoms with Crippen LogP contribution in [0.2, 0.25) is 0 Å². The third-order valence-electron chi connectivity index (χ3n) is 3.52. The zero-order valence-corrected chi connectivity index (χ0v) is 14.1. The number of ether oxygens (including phenoxy) is 2. The van der Waals surface area contributed by atoms with E-state index in [4.69, 9.17) is 9.47 Å². The molecule has 2 N–H and O–H groups in total. The molecule has 24 heavy (non-hydrogen) atoms. The Morgan fingerprint density at radius 3 is 2.62 bits per heavy atom. The number of hydrogen-bond acceptors (Lipinski definition) is 4. The first-order valence-electron chi connectivity index (χ1n) is 8.17. The van der Waals surface area contributed by atoms with Crippen LogP contribution in [0.1, 0.15) is 24.2 Å². The molecule has 128 valence electrons. The minimum absolute atomic E-state index is 0.445. The molecule has 0 aliphatic carbocycles. The number of rotatable bonds is 10. The Bertz CT molecular complexity index is 628. The minimum atomic E-state index is -0.521. The van der Waals surface area contributed by atoms with Crippen molar-refractivity contribution in [3.8, 4) is 11.5 Å². The molecule has 0 amide bonds. The van der Waals surface area contributed by atoms with Gasteiger partial charge in [0.25, 0.3) is 0 Å². The first-order valence-corrected chi connectivity index (χ1v) is 8.17. The Balaban J connectivity index is 1.92. The summed E-state index contributed by atoms with van der Waals surface area (Å²) in [5.41, 5.74) is 1.98. The van der Waals surface area contributed by atoms with Gasteiger partial charge in [-0.05, 0) is 30.2 Å². The maximum atomic E-state index is 10.2. The van der Waals surface area contributed by atoms with Crippen LogP contribution in [0, 0.1) is 0 Å². The van der Waals surface area contributed by atoms with Crippen LogP contribution in [0.4, 0.5) is 0 Å². The van der Waals surface area contributed by atoms with E-state index < -0.39 is 6.10 Å². The first-order chi connectivity index (χ1) is 11.7. The van der Waals surface area contributed by atoms with Gasteiger partial charge in [-0.1, -0.05) is 49.1 Å². The van der Waals surface area contributed by atoms with E-state index in [0.717, 1.165) is 16.9 Å². The monoisotopic (exact) mass is 327 g/mol. The lowest BCUT2D eigenvalue weighted by Crippen LogP contribution is -2.21. The molecule has 4 nitrogen and oxygen atoms in total. The highest BCUT2D eigenvalue weighted by Crippen LogP contribution is 2.28. The highest BCUT2D eigenvalue weighted by atomic mass is 16.5. The molecule has 0 radical (unpaired) electrons. The van der Waals surface area contributed by atoms with Crippen molar-refractivity contribution in [1.29, 1.82) is 0 Å². The highest BCUT2D eigenvalue weighted by Gasteiger charge is 2.08. The molecule has 1 atom stereocenters. The van der Waals surface area contributed by atoms with Gasteiger partial charge in [0.1, 0.15) is 6.61 Å². The zero-order chi connectivity index (χ0) is 17.2. The molecular formula is C20H25NO3. The maximum Gasteiger partial charge on any atom is 0.161 e. The van der Waals surface area contributed by atoms with Crippen molar-refractivity contribution in [2.24, 2.45) is 0 Å². The largest absolute Gasteiger partial charge is 0.490 e. The quantitative estimate of drug-likeness (QED) is 0.656. The predicted molar refractivity (Wildman–Crippen MR) is 96.4 cm³/mol. The first kappa shape index (κ1) is 18.0. The molecule has 0 bridgehead atoms. The molecular weight excluding hydrogens is 302 g/mol. The number of hydrogen-bond donors (Lipinski definition) is 2. The van der Waals surface area contributed by atoms with Crippen LogP contribution in [-0.4, -0.2) is 24.9 Å². The van der Waals surface area contributed by atoms with Crippen LogP contribution in [-0.2, 0) is 6.54 Å². The Labute approximate surface area is 143 Å². The maximum absolute atomic E-state index is 10.2. The molecule has 2 aromatic carbocycles. The Morgan fingerprint density at radius 2 is 1.92 bits per heavy atom. The number of nitrogens with one attached hydrogen (secondary N) is 1. The van der Waals surface area contributed by atoms with Crippen LogP contribution in [0.5, 0.6) is 11.5 Å². The number of aliphatic hydroxyl groups is 1. The molecule has 0 aliphatic rings. The molecule has 0 aromatic heterocycles. The summed E-state index contributed by atoms with van der Waals surface area (Å²) >= 11 is 0. The summed E-state index contributed by atoms with van der Waals surface area (Å²) in [6.07, 6.45) is 1.18. The van der Waals surface area contributed by atoms with Gasteiger partial charge in [0, 0.05) is 13.1 Å². The van der Waals surface area contributed by atoms with Gasteiger partial charge in [-0.25, -0.2) is 0 Å². The Hall–Kier alpha value is -2.30.